The number of benzene rings is 1. The molecule has 6 nitrogen and oxygen atoms in total. The summed E-state index contributed by atoms with van der Waals surface area (Å²) in [7, 11) is 0. The van der Waals surface area contributed by atoms with Crippen LogP contribution in [0.15, 0.2) is 48.2 Å². The fourth-order valence-electron chi connectivity index (χ4n) is 2.14. The average molecular weight is 326 g/mol. The number of amides is 1. The van der Waals surface area contributed by atoms with Crippen LogP contribution in [0.4, 0.5) is 0 Å². The van der Waals surface area contributed by atoms with E-state index in [0.717, 1.165) is 5.01 Å². The van der Waals surface area contributed by atoms with E-state index in [1.54, 1.807) is 30.5 Å². The molecular weight excluding hydrogens is 312 g/mol. The minimum Gasteiger partial charge on any atom is -0.342 e. The molecule has 116 valence electrons. The van der Waals surface area contributed by atoms with Gasteiger partial charge in [0.1, 0.15) is 16.4 Å². The van der Waals surface area contributed by atoms with Gasteiger partial charge in [-0.15, -0.1) is 11.3 Å². The number of rotatable bonds is 5. The minimum absolute atomic E-state index is 0.111. The van der Waals surface area contributed by atoms with Crippen molar-refractivity contribution in [3.63, 3.8) is 0 Å². The molecule has 0 aliphatic heterocycles. The molecule has 7 heteroatoms. The van der Waals surface area contributed by atoms with E-state index in [0.29, 0.717) is 5.56 Å². The first-order valence-electron chi connectivity index (χ1n) is 7.00. The Kier molecular flexibility index (Phi) is 4.29. The number of carbonyl (C=O) groups excluding carboxylic acids is 2. The van der Waals surface area contributed by atoms with Crippen LogP contribution < -0.4 is 5.32 Å². The Hall–Kier alpha value is -2.80. The van der Waals surface area contributed by atoms with E-state index in [1.807, 2.05) is 18.4 Å². The SMILES string of the molecule is CC(NC(=O)c1[nH]cnc1C(=O)c1ccccc1)c1nccs1. The third kappa shape index (κ3) is 3.19. The molecule has 3 rings (SSSR count). The summed E-state index contributed by atoms with van der Waals surface area (Å²) in [5.41, 5.74) is 0.754. The third-order valence-electron chi connectivity index (χ3n) is 3.29. The smallest absolute Gasteiger partial charge is 0.270 e. The number of thiazole rings is 1. The molecule has 2 aromatic heterocycles. The summed E-state index contributed by atoms with van der Waals surface area (Å²) in [6.07, 6.45) is 3.03. The Morgan fingerprint density at radius 2 is 2.00 bits per heavy atom. The zero-order valence-corrected chi connectivity index (χ0v) is 13.1. The molecular formula is C16H14N4O2S. The number of nitrogens with one attached hydrogen (secondary N) is 2. The number of carbonyl (C=O) groups is 2. The summed E-state index contributed by atoms with van der Waals surface area (Å²) in [6, 6.07) is 8.50. The van der Waals surface area contributed by atoms with Crippen LogP contribution in [0.3, 0.4) is 0 Å². The predicted octanol–water partition coefficient (Wildman–Crippen LogP) is 2.59. The van der Waals surface area contributed by atoms with Crippen LogP contribution in [0.5, 0.6) is 0 Å². The second-order valence-electron chi connectivity index (χ2n) is 4.89. The van der Waals surface area contributed by atoms with Gasteiger partial charge in [-0.2, -0.15) is 0 Å². The Morgan fingerprint density at radius 3 is 2.70 bits per heavy atom. The number of H-pyrrole nitrogens is 1. The highest BCUT2D eigenvalue weighted by Crippen LogP contribution is 2.16. The topological polar surface area (TPSA) is 87.7 Å². The molecule has 0 bridgehead atoms. The van der Waals surface area contributed by atoms with Gasteiger partial charge in [-0.05, 0) is 6.92 Å². The lowest BCUT2D eigenvalue weighted by atomic mass is 10.1. The van der Waals surface area contributed by atoms with E-state index in [1.165, 1.54) is 17.7 Å². The number of ketones is 1. The van der Waals surface area contributed by atoms with Gasteiger partial charge in [0.2, 0.25) is 5.78 Å². The van der Waals surface area contributed by atoms with Gasteiger partial charge >= 0.3 is 0 Å². The Labute approximate surface area is 136 Å². The molecule has 0 spiro atoms. The maximum atomic E-state index is 12.5. The second-order valence-corrected chi connectivity index (χ2v) is 5.81. The summed E-state index contributed by atoms with van der Waals surface area (Å²) < 4.78 is 0. The second kappa shape index (κ2) is 6.53. The summed E-state index contributed by atoms with van der Waals surface area (Å²) in [4.78, 5) is 35.8. The fourth-order valence-corrected chi connectivity index (χ4v) is 2.79. The first-order valence-corrected chi connectivity index (χ1v) is 7.88. The molecule has 0 saturated heterocycles. The Balaban J connectivity index is 1.80. The highest BCUT2D eigenvalue weighted by molar-refractivity contribution is 7.09. The Morgan fingerprint density at radius 1 is 1.22 bits per heavy atom. The number of aromatic amines is 1. The van der Waals surface area contributed by atoms with Crippen molar-refractivity contribution in [1.82, 2.24) is 20.3 Å². The summed E-state index contributed by atoms with van der Waals surface area (Å²) in [6.45, 7) is 1.84. The normalized spacial score (nSPS) is 11.9. The number of imidazole rings is 1. The van der Waals surface area contributed by atoms with Crippen molar-refractivity contribution < 1.29 is 9.59 Å². The molecule has 0 aliphatic rings. The highest BCUT2D eigenvalue weighted by Gasteiger charge is 2.23. The van der Waals surface area contributed by atoms with Crippen LogP contribution in [-0.2, 0) is 0 Å². The fraction of sp³-hybridized carbons (Fsp3) is 0.125. The number of hydrogen-bond acceptors (Lipinski definition) is 5. The van der Waals surface area contributed by atoms with Crippen molar-refractivity contribution in [2.75, 3.05) is 0 Å². The molecule has 0 radical (unpaired) electrons. The number of aromatic nitrogens is 3. The van der Waals surface area contributed by atoms with Gasteiger partial charge in [0, 0.05) is 17.1 Å². The van der Waals surface area contributed by atoms with Crippen LogP contribution in [-0.4, -0.2) is 26.6 Å². The summed E-state index contributed by atoms with van der Waals surface area (Å²) in [5.74, 6) is -0.677. The number of nitrogens with zero attached hydrogens (tertiary/aromatic N) is 2. The molecule has 1 unspecified atom stereocenters. The van der Waals surface area contributed by atoms with Crippen LogP contribution >= 0.6 is 11.3 Å². The molecule has 0 fully saturated rings. The van der Waals surface area contributed by atoms with E-state index in [4.69, 9.17) is 0 Å². The maximum absolute atomic E-state index is 12.5. The standard InChI is InChI=1S/C16H14N4O2S/c1-10(16-17-7-8-23-16)20-15(22)13-12(18-9-19-13)14(21)11-5-3-2-4-6-11/h2-10H,1H3,(H,18,19)(H,20,22). The first kappa shape index (κ1) is 15.1. The van der Waals surface area contributed by atoms with Crippen molar-refractivity contribution in [3.8, 4) is 0 Å². The number of hydrogen-bond donors (Lipinski definition) is 2. The molecule has 0 aliphatic carbocycles. The first-order chi connectivity index (χ1) is 11.2. The molecule has 1 amide bonds. The maximum Gasteiger partial charge on any atom is 0.270 e. The van der Waals surface area contributed by atoms with Crippen LogP contribution in [0.1, 0.15) is 44.5 Å². The monoisotopic (exact) mass is 326 g/mol. The van der Waals surface area contributed by atoms with E-state index in [9.17, 15) is 9.59 Å². The van der Waals surface area contributed by atoms with Crippen LogP contribution in [0.25, 0.3) is 0 Å². The van der Waals surface area contributed by atoms with Gasteiger partial charge in [-0.1, -0.05) is 30.3 Å². The van der Waals surface area contributed by atoms with Crippen LogP contribution in [0, 0.1) is 0 Å². The minimum atomic E-state index is -0.385. The van der Waals surface area contributed by atoms with Crippen molar-refractivity contribution in [2.24, 2.45) is 0 Å². The molecule has 2 N–H and O–H groups in total. The summed E-state index contributed by atoms with van der Waals surface area (Å²) >= 11 is 1.46. The summed E-state index contributed by atoms with van der Waals surface area (Å²) in [5, 5.41) is 5.46. The van der Waals surface area contributed by atoms with Gasteiger partial charge < -0.3 is 10.3 Å². The zero-order valence-electron chi connectivity index (χ0n) is 12.3. The lowest BCUT2D eigenvalue weighted by molar-refractivity contribution is 0.0924. The largest absolute Gasteiger partial charge is 0.342 e. The molecule has 23 heavy (non-hydrogen) atoms. The van der Waals surface area contributed by atoms with Crippen molar-refractivity contribution in [2.45, 2.75) is 13.0 Å². The van der Waals surface area contributed by atoms with Gasteiger partial charge in [-0.25, -0.2) is 9.97 Å². The molecule has 3 aromatic rings. The lowest BCUT2D eigenvalue weighted by Gasteiger charge is -2.10. The van der Waals surface area contributed by atoms with E-state index >= 15 is 0 Å². The highest BCUT2D eigenvalue weighted by atomic mass is 32.1. The lowest BCUT2D eigenvalue weighted by Crippen LogP contribution is -2.28. The van der Waals surface area contributed by atoms with Gasteiger partial charge in [0.15, 0.2) is 0 Å². The van der Waals surface area contributed by atoms with E-state index in [-0.39, 0.29) is 29.1 Å². The molecule has 1 aromatic carbocycles. The van der Waals surface area contributed by atoms with Crippen molar-refractivity contribution in [3.05, 3.63) is 70.2 Å². The van der Waals surface area contributed by atoms with E-state index < -0.39 is 0 Å². The van der Waals surface area contributed by atoms with Gasteiger partial charge in [-0.3, -0.25) is 9.59 Å². The molecule has 0 saturated carbocycles. The van der Waals surface area contributed by atoms with Gasteiger partial charge in [0.25, 0.3) is 5.91 Å². The van der Waals surface area contributed by atoms with Crippen LogP contribution in [0.2, 0.25) is 0 Å². The van der Waals surface area contributed by atoms with E-state index in [2.05, 4.69) is 20.3 Å². The Bertz CT molecular complexity index is 812. The van der Waals surface area contributed by atoms with Crippen molar-refractivity contribution >= 4 is 23.0 Å². The predicted molar refractivity (Wildman–Crippen MR) is 86.5 cm³/mol. The molecule has 2 heterocycles. The molecule has 1 atom stereocenters. The quantitative estimate of drug-likeness (QED) is 0.705. The zero-order chi connectivity index (χ0) is 16.2. The average Bonchev–Trinajstić information content (AvgIpc) is 3.26. The van der Waals surface area contributed by atoms with Crippen molar-refractivity contribution in [1.29, 1.82) is 0 Å². The van der Waals surface area contributed by atoms with Gasteiger partial charge in [0.05, 0.1) is 12.4 Å². The third-order valence-corrected chi connectivity index (χ3v) is 4.25.